The largest absolute Gasteiger partial charge is 0.378 e. The topological polar surface area (TPSA) is 122 Å². The number of aromatic nitrogens is 5. The summed E-state index contributed by atoms with van der Waals surface area (Å²) in [6.45, 7) is 8.68. The molecule has 3 aromatic heterocycles. The Kier molecular flexibility index (Phi) is 7.31. The van der Waals surface area contributed by atoms with Crippen LogP contribution in [0.5, 0.6) is 0 Å². The second-order valence-electron chi connectivity index (χ2n) is 11.1. The molecule has 0 radical (unpaired) electrons. The highest BCUT2D eigenvalue weighted by molar-refractivity contribution is 6.76. The Morgan fingerprint density at radius 1 is 1.32 bits per heavy atom. The first kappa shape index (κ1) is 26.4. The fourth-order valence-corrected chi connectivity index (χ4v) is 5.38. The molecule has 0 bridgehead atoms. The standard InChI is InChI=1S/C26H34FN7O3Si/c1-33-22-9-16(27)5-6-19(22)23(32-33)21-11-29-25-24(31-21)20(12-34(25)15-36-7-8-38(2,3)4)26(35)30-18-10-17(28)13-37-14-18/h5-6,9,11-12,17-18H,7-8,10,13-15,28H2,1-4H3,(H,30,35). The number of aryl methyl sites for hydroxylation is 1. The van der Waals surface area contributed by atoms with Gasteiger partial charge < -0.3 is 25.1 Å². The first-order valence-electron chi connectivity index (χ1n) is 12.8. The van der Waals surface area contributed by atoms with Crippen LogP contribution in [0, 0.1) is 5.82 Å². The third-order valence-electron chi connectivity index (χ3n) is 6.67. The predicted octanol–water partition coefficient (Wildman–Crippen LogP) is 3.28. The van der Waals surface area contributed by atoms with Crippen molar-refractivity contribution >= 4 is 36.0 Å². The average molecular weight is 540 g/mol. The number of nitrogens with zero attached hydrogens (tertiary/aromatic N) is 5. The summed E-state index contributed by atoms with van der Waals surface area (Å²) in [4.78, 5) is 22.9. The van der Waals surface area contributed by atoms with Gasteiger partial charge >= 0.3 is 0 Å². The molecule has 1 saturated heterocycles. The van der Waals surface area contributed by atoms with Crippen molar-refractivity contribution in [3.63, 3.8) is 0 Å². The van der Waals surface area contributed by atoms with E-state index >= 15 is 0 Å². The zero-order valence-electron chi connectivity index (χ0n) is 22.2. The Balaban J connectivity index is 1.51. The number of amides is 1. The highest BCUT2D eigenvalue weighted by Crippen LogP contribution is 2.29. The number of ether oxygens (including phenoxy) is 2. The molecule has 2 atom stereocenters. The molecule has 1 fully saturated rings. The minimum absolute atomic E-state index is 0.121. The van der Waals surface area contributed by atoms with Gasteiger partial charge in [0.1, 0.15) is 29.5 Å². The molecular formula is C26H34FN7O3Si. The summed E-state index contributed by atoms with van der Waals surface area (Å²) in [5.74, 6) is -0.622. The lowest BCUT2D eigenvalue weighted by atomic mass is 10.1. The summed E-state index contributed by atoms with van der Waals surface area (Å²) in [5, 5.41) is 8.35. The van der Waals surface area contributed by atoms with Gasteiger partial charge in [-0.3, -0.25) is 9.48 Å². The lowest BCUT2D eigenvalue weighted by molar-refractivity contribution is 0.0522. The van der Waals surface area contributed by atoms with Gasteiger partial charge in [-0.05, 0) is 30.7 Å². The van der Waals surface area contributed by atoms with Crippen LogP contribution in [0.2, 0.25) is 25.7 Å². The van der Waals surface area contributed by atoms with Crippen LogP contribution in [0.15, 0.2) is 30.6 Å². The van der Waals surface area contributed by atoms with E-state index in [1.165, 1.54) is 12.1 Å². The fourth-order valence-electron chi connectivity index (χ4n) is 4.62. The van der Waals surface area contributed by atoms with Gasteiger partial charge in [-0.1, -0.05) is 19.6 Å². The number of carbonyl (C=O) groups is 1. The van der Waals surface area contributed by atoms with Crippen LogP contribution in [0.1, 0.15) is 16.8 Å². The minimum atomic E-state index is -1.24. The van der Waals surface area contributed by atoms with Crippen LogP contribution in [0.25, 0.3) is 33.5 Å². The van der Waals surface area contributed by atoms with E-state index < -0.39 is 8.07 Å². The molecule has 0 aliphatic carbocycles. The monoisotopic (exact) mass is 539 g/mol. The maximum absolute atomic E-state index is 13.8. The third-order valence-corrected chi connectivity index (χ3v) is 8.37. The van der Waals surface area contributed by atoms with Crippen molar-refractivity contribution in [1.29, 1.82) is 0 Å². The van der Waals surface area contributed by atoms with Gasteiger partial charge in [-0.25, -0.2) is 14.4 Å². The zero-order valence-corrected chi connectivity index (χ0v) is 23.2. The molecule has 1 aliphatic rings. The Morgan fingerprint density at radius 3 is 2.89 bits per heavy atom. The van der Waals surface area contributed by atoms with E-state index in [0.717, 1.165) is 11.4 Å². The van der Waals surface area contributed by atoms with Gasteiger partial charge in [0.15, 0.2) is 5.65 Å². The van der Waals surface area contributed by atoms with E-state index in [1.807, 2.05) is 0 Å². The number of nitrogens with two attached hydrogens (primary N) is 1. The fraction of sp³-hybridized carbons (Fsp3) is 0.462. The predicted molar refractivity (Wildman–Crippen MR) is 146 cm³/mol. The normalized spacial score (nSPS) is 18.4. The number of rotatable bonds is 8. The number of nitrogens with one attached hydrogen (secondary N) is 1. The molecule has 2 unspecified atom stereocenters. The van der Waals surface area contributed by atoms with Crippen molar-refractivity contribution in [2.45, 2.75) is 50.9 Å². The Bertz CT molecular complexity index is 1480. The average Bonchev–Trinajstić information content (AvgIpc) is 3.38. The Labute approximate surface area is 221 Å². The van der Waals surface area contributed by atoms with Crippen LogP contribution >= 0.6 is 0 Å². The van der Waals surface area contributed by atoms with Crippen LogP contribution in [0.4, 0.5) is 4.39 Å². The van der Waals surface area contributed by atoms with E-state index in [0.29, 0.717) is 59.9 Å². The van der Waals surface area contributed by atoms with Gasteiger partial charge in [0.2, 0.25) is 0 Å². The van der Waals surface area contributed by atoms with Crippen molar-refractivity contribution in [3.8, 4) is 11.4 Å². The molecule has 0 saturated carbocycles. The van der Waals surface area contributed by atoms with Gasteiger partial charge in [-0.15, -0.1) is 0 Å². The molecule has 5 rings (SSSR count). The maximum Gasteiger partial charge on any atom is 0.255 e. The number of fused-ring (bicyclic) bond motifs is 2. The van der Waals surface area contributed by atoms with Gasteiger partial charge in [0.05, 0.1) is 36.5 Å². The molecule has 1 amide bonds. The van der Waals surface area contributed by atoms with Crippen LogP contribution < -0.4 is 11.1 Å². The summed E-state index contributed by atoms with van der Waals surface area (Å²) in [5.41, 5.74) is 9.08. The lowest BCUT2D eigenvalue weighted by Crippen LogP contribution is -2.47. The first-order valence-corrected chi connectivity index (χ1v) is 16.5. The molecule has 12 heteroatoms. The SMILES string of the molecule is Cn1nc(-c2cnc3c(n2)c(C(=O)NC2COCC(N)C2)cn3COCC[Si](C)(C)C)c2ccc(F)cc21. The number of hydrogen-bond donors (Lipinski definition) is 2. The molecule has 10 nitrogen and oxygen atoms in total. The molecule has 202 valence electrons. The smallest absolute Gasteiger partial charge is 0.255 e. The summed E-state index contributed by atoms with van der Waals surface area (Å²) >= 11 is 0. The summed E-state index contributed by atoms with van der Waals surface area (Å²) in [6, 6.07) is 5.22. The number of benzene rings is 1. The maximum atomic E-state index is 13.8. The first-order chi connectivity index (χ1) is 18.1. The molecule has 4 aromatic rings. The lowest BCUT2D eigenvalue weighted by Gasteiger charge is -2.27. The molecular weight excluding hydrogens is 505 g/mol. The molecule has 3 N–H and O–H groups in total. The van der Waals surface area contributed by atoms with Crippen molar-refractivity contribution in [2.75, 3.05) is 19.8 Å². The van der Waals surface area contributed by atoms with Crippen molar-refractivity contribution in [2.24, 2.45) is 12.8 Å². The van der Waals surface area contributed by atoms with E-state index in [2.05, 4.69) is 35.0 Å². The van der Waals surface area contributed by atoms with Crippen LogP contribution in [-0.4, -0.2) is 70.2 Å². The summed E-state index contributed by atoms with van der Waals surface area (Å²) < 4.78 is 28.7. The third kappa shape index (κ3) is 5.63. The number of hydrogen-bond acceptors (Lipinski definition) is 7. The van der Waals surface area contributed by atoms with Gasteiger partial charge in [0, 0.05) is 39.4 Å². The highest BCUT2D eigenvalue weighted by Gasteiger charge is 2.25. The number of carbonyl (C=O) groups excluding carboxylic acids is 1. The van der Waals surface area contributed by atoms with Crippen molar-refractivity contribution < 1.29 is 18.7 Å². The van der Waals surface area contributed by atoms with Gasteiger partial charge in [0.25, 0.3) is 5.91 Å². The quantitative estimate of drug-likeness (QED) is 0.260. The second kappa shape index (κ2) is 10.5. The number of halogens is 1. The highest BCUT2D eigenvalue weighted by atomic mass is 28.3. The minimum Gasteiger partial charge on any atom is -0.378 e. The summed E-state index contributed by atoms with van der Waals surface area (Å²) in [6.07, 6.45) is 3.99. The van der Waals surface area contributed by atoms with Crippen LogP contribution in [-0.2, 0) is 23.3 Å². The second-order valence-corrected chi connectivity index (χ2v) is 16.7. The van der Waals surface area contributed by atoms with E-state index in [-0.39, 0.29) is 30.5 Å². The molecule has 4 heterocycles. The van der Waals surface area contributed by atoms with Crippen molar-refractivity contribution in [1.82, 2.24) is 29.6 Å². The summed E-state index contributed by atoms with van der Waals surface area (Å²) in [7, 11) is 0.509. The molecule has 1 aliphatic heterocycles. The zero-order chi connectivity index (χ0) is 27.0. The Hall–Kier alpha value is -3.19. The van der Waals surface area contributed by atoms with Gasteiger partial charge in [-0.2, -0.15) is 5.10 Å². The molecule has 38 heavy (non-hydrogen) atoms. The van der Waals surface area contributed by atoms with E-state index in [9.17, 15) is 9.18 Å². The van der Waals surface area contributed by atoms with E-state index in [4.69, 9.17) is 20.2 Å². The van der Waals surface area contributed by atoms with E-state index in [1.54, 1.807) is 34.8 Å². The Morgan fingerprint density at radius 2 is 2.13 bits per heavy atom. The van der Waals surface area contributed by atoms with Crippen LogP contribution in [0.3, 0.4) is 0 Å². The molecule has 1 aromatic carbocycles. The molecule has 0 spiro atoms. The van der Waals surface area contributed by atoms with Crippen molar-refractivity contribution in [3.05, 3.63) is 42.0 Å².